The summed E-state index contributed by atoms with van der Waals surface area (Å²) in [6, 6.07) is 4.55. The van der Waals surface area contributed by atoms with Gasteiger partial charge >= 0.3 is 0 Å². The highest BCUT2D eigenvalue weighted by atomic mass is 19.2. The van der Waals surface area contributed by atoms with Gasteiger partial charge in [-0.3, -0.25) is 0 Å². The quantitative estimate of drug-likeness (QED) is 0.802. The summed E-state index contributed by atoms with van der Waals surface area (Å²) in [6.07, 6.45) is 6.50. The van der Waals surface area contributed by atoms with Crippen molar-refractivity contribution in [2.45, 2.75) is 52.4 Å². The molecule has 1 nitrogen and oxygen atoms in total. The molecule has 0 aromatic heterocycles. The van der Waals surface area contributed by atoms with Crippen LogP contribution < -0.4 is 5.32 Å². The summed E-state index contributed by atoms with van der Waals surface area (Å²) >= 11 is 0. The maximum absolute atomic E-state index is 14.0. The first-order chi connectivity index (χ1) is 10.0. The molecule has 3 heteroatoms. The van der Waals surface area contributed by atoms with Crippen molar-refractivity contribution in [2.75, 3.05) is 13.1 Å². The molecule has 0 bridgehead atoms. The molecule has 1 saturated carbocycles. The number of hydrogen-bond donors (Lipinski definition) is 1. The molecule has 0 aliphatic heterocycles. The second kappa shape index (κ2) is 7.35. The van der Waals surface area contributed by atoms with Crippen molar-refractivity contribution < 1.29 is 8.78 Å². The highest BCUT2D eigenvalue weighted by Gasteiger charge is 2.33. The fourth-order valence-electron chi connectivity index (χ4n) is 3.43. The molecule has 1 aromatic carbocycles. The predicted octanol–water partition coefficient (Wildman–Crippen LogP) is 4.70. The minimum absolute atomic E-state index is 0.0851. The van der Waals surface area contributed by atoms with E-state index in [1.165, 1.54) is 25.3 Å². The van der Waals surface area contributed by atoms with Crippen LogP contribution in [0.2, 0.25) is 0 Å². The topological polar surface area (TPSA) is 12.0 Å². The summed E-state index contributed by atoms with van der Waals surface area (Å²) in [5, 5.41) is 3.53. The zero-order valence-corrected chi connectivity index (χ0v) is 13.2. The molecule has 0 amide bonds. The van der Waals surface area contributed by atoms with Crippen molar-refractivity contribution in [2.24, 2.45) is 11.3 Å². The van der Waals surface area contributed by atoms with Crippen molar-refractivity contribution in [3.8, 4) is 0 Å². The molecule has 0 heterocycles. The highest BCUT2D eigenvalue weighted by molar-refractivity contribution is 5.21. The van der Waals surface area contributed by atoms with Gasteiger partial charge in [-0.05, 0) is 48.8 Å². The van der Waals surface area contributed by atoms with Crippen LogP contribution in [0.4, 0.5) is 8.78 Å². The van der Waals surface area contributed by atoms with Crippen LogP contribution in [0.1, 0.15) is 51.5 Å². The molecular weight excluding hydrogens is 268 g/mol. The highest BCUT2D eigenvalue weighted by Crippen LogP contribution is 2.39. The van der Waals surface area contributed by atoms with E-state index in [1.807, 2.05) is 0 Å². The van der Waals surface area contributed by atoms with Crippen molar-refractivity contribution in [3.05, 3.63) is 35.4 Å². The van der Waals surface area contributed by atoms with Crippen LogP contribution in [-0.2, 0) is 6.42 Å². The molecule has 0 atom stereocenters. The van der Waals surface area contributed by atoms with Gasteiger partial charge in [0.05, 0.1) is 0 Å². The van der Waals surface area contributed by atoms with Gasteiger partial charge in [-0.25, -0.2) is 8.78 Å². The molecule has 1 N–H and O–H groups in total. The Hall–Kier alpha value is -0.960. The van der Waals surface area contributed by atoms with Crippen LogP contribution in [0.25, 0.3) is 0 Å². The van der Waals surface area contributed by atoms with Crippen LogP contribution in [-0.4, -0.2) is 13.1 Å². The predicted molar refractivity (Wildman–Crippen MR) is 83.3 cm³/mol. The number of hydrogen-bond acceptors (Lipinski definition) is 1. The third-order valence-corrected chi connectivity index (χ3v) is 4.56. The molecule has 1 fully saturated rings. The van der Waals surface area contributed by atoms with Crippen LogP contribution in [0, 0.1) is 23.0 Å². The number of nitrogens with one attached hydrogen (secondary N) is 1. The number of benzene rings is 1. The molecule has 2 rings (SSSR count). The second-order valence-corrected chi connectivity index (χ2v) is 6.98. The summed E-state index contributed by atoms with van der Waals surface area (Å²) in [5.74, 6) is -0.781. The van der Waals surface area contributed by atoms with E-state index in [9.17, 15) is 8.78 Å². The minimum Gasteiger partial charge on any atom is -0.316 e. The lowest BCUT2D eigenvalue weighted by atomic mass is 9.70. The minimum atomic E-state index is -0.728. The molecule has 21 heavy (non-hydrogen) atoms. The maximum Gasteiger partial charge on any atom is 0.162 e. The molecular formula is C18H27F2N. The largest absolute Gasteiger partial charge is 0.316 e. The van der Waals surface area contributed by atoms with Crippen molar-refractivity contribution in [1.29, 1.82) is 0 Å². The van der Waals surface area contributed by atoms with Crippen LogP contribution in [0.3, 0.4) is 0 Å². The SMILES string of the molecule is CC(C)CNCC1(Cc2cccc(F)c2F)CCCCC1. The smallest absolute Gasteiger partial charge is 0.162 e. The Balaban J connectivity index is 2.10. The molecule has 0 unspecified atom stereocenters. The Morgan fingerprint density at radius 2 is 1.86 bits per heavy atom. The van der Waals surface area contributed by atoms with E-state index in [1.54, 1.807) is 12.1 Å². The first-order valence-corrected chi connectivity index (χ1v) is 8.16. The summed E-state index contributed by atoms with van der Waals surface area (Å²) in [7, 11) is 0. The summed E-state index contributed by atoms with van der Waals surface area (Å²) in [6.45, 7) is 6.26. The Kier molecular flexibility index (Phi) is 5.74. The maximum atomic E-state index is 14.0. The van der Waals surface area contributed by atoms with E-state index >= 15 is 0 Å². The Bertz CT molecular complexity index is 451. The Morgan fingerprint density at radius 3 is 2.52 bits per heavy atom. The summed E-state index contributed by atoms with van der Waals surface area (Å²) < 4.78 is 27.4. The normalized spacial score (nSPS) is 18.1. The second-order valence-electron chi connectivity index (χ2n) is 6.98. The van der Waals surface area contributed by atoms with Crippen LogP contribution >= 0.6 is 0 Å². The lowest BCUT2D eigenvalue weighted by Crippen LogP contribution is -2.39. The van der Waals surface area contributed by atoms with Crippen LogP contribution in [0.15, 0.2) is 18.2 Å². The van der Waals surface area contributed by atoms with E-state index in [0.29, 0.717) is 17.9 Å². The van der Waals surface area contributed by atoms with Crippen LogP contribution in [0.5, 0.6) is 0 Å². The molecule has 118 valence electrons. The summed E-state index contributed by atoms with van der Waals surface area (Å²) in [4.78, 5) is 0. The number of halogens is 2. The van der Waals surface area contributed by atoms with E-state index in [4.69, 9.17) is 0 Å². The fourth-order valence-corrected chi connectivity index (χ4v) is 3.43. The van der Waals surface area contributed by atoms with Crippen molar-refractivity contribution in [1.82, 2.24) is 5.32 Å². The Labute approximate surface area is 127 Å². The van der Waals surface area contributed by atoms with Gasteiger partial charge in [0, 0.05) is 6.54 Å². The molecule has 0 spiro atoms. The van der Waals surface area contributed by atoms with Gasteiger partial charge in [0.2, 0.25) is 0 Å². The van der Waals surface area contributed by atoms with Gasteiger partial charge in [0.1, 0.15) is 0 Å². The van der Waals surface area contributed by atoms with E-state index in [2.05, 4.69) is 19.2 Å². The first kappa shape index (κ1) is 16.4. The lowest BCUT2D eigenvalue weighted by Gasteiger charge is -2.38. The summed E-state index contributed by atoms with van der Waals surface area (Å²) in [5.41, 5.74) is 0.616. The zero-order valence-electron chi connectivity index (χ0n) is 13.2. The zero-order chi connectivity index (χ0) is 15.3. The first-order valence-electron chi connectivity index (χ1n) is 8.16. The van der Waals surface area contributed by atoms with Gasteiger partial charge < -0.3 is 5.32 Å². The molecule has 1 aromatic rings. The fraction of sp³-hybridized carbons (Fsp3) is 0.667. The van der Waals surface area contributed by atoms with Gasteiger partial charge in [-0.15, -0.1) is 0 Å². The lowest BCUT2D eigenvalue weighted by molar-refractivity contribution is 0.177. The van der Waals surface area contributed by atoms with Crippen molar-refractivity contribution in [3.63, 3.8) is 0 Å². The van der Waals surface area contributed by atoms with Gasteiger partial charge in [-0.1, -0.05) is 45.2 Å². The molecule has 0 saturated heterocycles. The van der Waals surface area contributed by atoms with E-state index in [0.717, 1.165) is 25.9 Å². The van der Waals surface area contributed by atoms with Crippen molar-refractivity contribution >= 4 is 0 Å². The average molecular weight is 295 g/mol. The molecule has 1 aliphatic carbocycles. The standard InChI is InChI=1S/C18H27F2N/c1-14(2)12-21-13-18(9-4-3-5-10-18)11-15-7-6-8-16(19)17(15)20/h6-8,14,21H,3-5,9-13H2,1-2H3. The van der Waals surface area contributed by atoms with Gasteiger partial charge in [0.15, 0.2) is 11.6 Å². The van der Waals surface area contributed by atoms with Gasteiger partial charge in [0.25, 0.3) is 0 Å². The van der Waals surface area contributed by atoms with Gasteiger partial charge in [-0.2, -0.15) is 0 Å². The third kappa shape index (κ3) is 4.50. The molecule has 1 aliphatic rings. The molecule has 0 radical (unpaired) electrons. The van der Waals surface area contributed by atoms with E-state index < -0.39 is 11.6 Å². The Morgan fingerprint density at radius 1 is 1.14 bits per heavy atom. The van der Waals surface area contributed by atoms with E-state index in [-0.39, 0.29) is 5.41 Å². The average Bonchev–Trinajstić information content (AvgIpc) is 2.44. The monoisotopic (exact) mass is 295 g/mol. The number of rotatable bonds is 6. The third-order valence-electron chi connectivity index (χ3n) is 4.56.